The molecule has 0 saturated carbocycles. The predicted octanol–water partition coefficient (Wildman–Crippen LogP) is 4.09. The summed E-state index contributed by atoms with van der Waals surface area (Å²) in [5, 5.41) is 2.91. The highest BCUT2D eigenvalue weighted by Crippen LogP contribution is 2.28. The van der Waals surface area contributed by atoms with Gasteiger partial charge in [0, 0.05) is 44.8 Å². The Bertz CT molecular complexity index is 1050. The van der Waals surface area contributed by atoms with Crippen LogP contribution in [0.1, 0.15) is 21.5 Å². The van der Waals surface area contributed by atoms with Crippen LogP contribution in [-0.4, -0.2) is 44.1 Å². The summed E-state index contributed by atoms with van der Waals surface area (Å²) in [5.41, 5.74) is 3.75. The second kappa shape index (κ2) is 10.3. The van der Waals surface area contributed by atoms with Crippen LogP contribution in [0.3, 0.4) is 0 Å². The number of rotatable bonds is 7. The van der Waals surface area contributed by atoms with Crippen molar-refractivity contribution < 1.29 is 13.9 Å². The van der Waals surface area contributed by atoms with E-state index >= 15 is 0 Å². The summed E-state index contributed by atoms with van der Waals surface area (Å²) < 4.78 is 18.5. The third kappa shape index (κ3) is 5.45. The van der Waals surface area contributed by atoms with Gasteiger partial charge >= 0.3 is 0 Å². The van der Waals surface area contributed by atoms with E-state index in [2.05, 4.69) is 27.2 Å². The summed E-state index contributed by atoms with van der Waals surface area (Å²) >= 11 is 0. The zero-order chi connectivity index (χ0) is 22.3. The first kappa shape index (κ1) is 21.8. The highest BCUT2D eigenvalue weighted by Gasteiger charge is 2.19. The van der Waals surface area contributed by atoms with Crippen LogP contribution in [0.25, 0.3) is 0 Å². The van der Waals surface area contributed by atoms with Gasteiger partial charge in [-0.2, -0.15) is 0 Å². The fraction of sp³-hybridized carbons (Fsp3) is 0.269. The molecule has 0 bridgehead atoms. The summed E-state index contributed by atoms with van der Waals surface area (Å²) in [7, 11) is 1.71. The number of methoxy groups -OCH3 is 1. The lowest BCUT2D eigenvalue weighted by Crippen LogP contribution is -2.46. The topological polar surface area (TPSA) is 44.8 Å². The van der Waals surface area contributed by atoms with Crippen molar-refractivity contribution in [3.63, 3.8) is 0 Å². The Balaban J connectivity index is 1.31. The maximum atomic E-state index is 13.0. The molecule has 6 heteroatoms. The van der Waals surface area contributed by atoms with Gasteiger partial charge in [-0.25, -0.2) is 4.39 Å². The van der Waals surface area contributed by atoms with Crippen molar-refractivity contribution in [2.45, 2.75) is 13.1 Å². The van der Waals surface area contributed by atoms with Crippen molar-refractivity contribution in [2.24, 2.45) is 0 Å². The van der Waals surface area contributed by atoms with Gasteiger partial charge in [0.15, 0.2) is 0 Å². The molecular weight excluding hydrogens is 405 g/mol. The smallest absolute Gasteiger partial charge is 0.251 e. The third-order valence-electron chi connectivity index (χ3n) is 5.76. The van der Waals surface area contributed by atoms with Crippen LogP contribution in [0.15, 0.2) is 72.8 Å². The minimum absolute atomic E-state index is 0.128. The average Bonchev–Trinajstić information content (AvgIpc) is 2.84. The highest BCUT2D eigenvalue weighted by atomic mass is 19.1. The van der Waals surface area contributed by atoms with Gasteiger partial charge in [-0.05, 0) is 47.5 Å². The lowest BCUT2D eigenvalue weighted by molar-refractivity contribution is 0.0950. The van der Waals surface area contributed by atoms with E-state index in [9.17, 15) is 9.18 Å². The zero-order valence-corrected chi connectivity index (χ0v) is 18.3. The maximum Gasteiger partial charge on any atom is 0.251 e. The average molecular weight is 434 g/mol. The van der Waals surface area contributed by atoms with Crippen molar-refractivity contribution in [2.75, 3.05) is 38.2 Å². The number of hydrogen-bond acceptors (Lipinski definition) is 4. The molecule has 1 heterocycles. The van der Waals surface area contributed by atoms with Crippen LogP contribution >= 0.6 is 0 Å². The molecule has 5 nitrogen and oxygen atoms in total. The molecular formula is C26H28FN3O2. The minimum Gasteiger partial charge on any atom is -0.495 e. The van der Waals surface area contributed by atoms with E-state index in [0.29, 0.717) is 12.1 Å². The van der Waals surface area contributed by atoms with Crippen molar-refractivity contribution in [3.8, 4) is 5.75 Å². The minimum atomic E-state index is -0.281. The molecule has 1 fully saturated rings. The second-order valence-electron chi connectivity index (χ2n) is 7.94. The van der Waals surface area contributed by atoms with Crippen molar-refractivity contribution in [1.82, 2.24) is 10.2 Å². The van der Waals surface area contributed by atoms with Crippen molar-refractivity contribution in [1.29, 1.82) is 0 Å². The first-order valence-electron chi connectivity index (χ1n) is 10.8. The number of hydrogen-bond donors (Lipinski definition) is 1. The predicted molar refractivity (Wildman–Crippen MR) is 124 cm³/mol. The molecule has 0 aliphatic carbocycles. The molecule has 1 aliphatic rings. The summed E-state index contributed by atoms with van der Waals surface area (Å²) in [4.78, 5) is 17.3. The number of carbonyl (C=O) groups is 1. The monoisotopic (exact) mass is 433 g/mol. The number of carbonyl (C=O) groups excluding carboxylic acids is 1. The SMILES string of the molecule is COc1ccccc1N1CCN(Cc2cccc(C(=O)NCc3ccc(F)cc3)c2)CC1. The zero-order valence-electron chi connectivity index (χ0n) is 18.3. The van der Waals surface area contributed by atoms with E-state index in [0.717, 1.165) is 55.3 Å². The van der Waals surface area contributed by atoms with Gasteiger partial charge in [0.2, 0.25) is 0 Å². The molecule has 0 unspecified atom stereocenters. The van der Waals surface area contributed by atoms with Gasteiger partial charge in [-0.15, -0.1) is 0 Å². The molecule has 32 heavy (non-hydrogen) atoms. The van der Waals surface area contributed by atoms with Gasteiger partial charge in [0.1, 0.15) is 11.6 Å². The van der Waals surface area contributed by atoms with E-state index in [1.54, 1.807) is 19.2 Å². The van der Waals surface area contributed by atoms with Crippen LogP contribution in [0, 0.1) is 5.82 Å². The number of anilines is 1. The molecule has 3 aromatic carbocycles. The van der Waals surface area contributed by atoms with Crippen LogP contribution < -0.4 is 15.0 Å². The van der Waals surface area contributed by atoms with Gasteiger partial charge in [-0.3, -0.25) is 9.69 Å². The number of nitrogens with zero attached hydrogens (tertiary/aromatic N) is 2. The molecule has 1 saturated heterocycles. The second-order valence-corrected chi connectivity index (χ2v) is 7.94. The molecule has 0 radical (unpaired) electrons. The van der Waals surface area contributed by atoms with E-state index < -0.39 is 0 Å². The lowest BCUT2D eigenvalue weighted by atomic mass is 10.1. The molecule has 0 atom stereocenters. The standard InChI is InChI=1S/C26H28FN3O2/c1-32-25-8-3-2-7-24(25)30-15-13-29(14-16-30)19-21-5-4-6-22(17-21)26(31)28-18-20-9-11-23(27)12-10-20/h2-12,17H,13-16,18-19H2,1H3,(H,28,31). The molecule has 1 aliphatic heterocycles. The molecule has 4 rings (SSSR count). The lowest BCUT2D eigenvalue weighted by Gasteiger charge is -2.36. The van der Waals surface area contributed by atoms with Gasteiger partial charge in [0.25, 0.3) is 5.91 Å². The van der Waals surface area contributed by atoms with E-state index in [1.807, 2.05) is 36.4 Å². The van der Waals surface area contributed by atoms with Gasteiger partial charge in [0.05, 0.1) is 12.8 Å². The van der Waals surface area contributed by atoms with E-state index in [-0.39, 0.29) is 11.7 Å². The summed E-state index contributed by atoms with van der Waals surface area (Å²) in [5.74, 6) is 0.494. The third-order valence-corrected chi connectivity index (χ3v) is 5.76. The van der Waals surface area contributed by atoms with Crippen LogP contribution in [-0.2, 0) is 13.1 Å². The fourth-order valence-corrected chi connectivity index (χ4v) is 3.99. The quantitative estimate of drug-likeness (QED) is 0.610. The Hall–Kier alpha value is -3.38. The van der Waals surface area contributed by atoms with Gasteiger partial charge < -0.3 is 15.0 Å². The Morgan fingerprint density at radius 3 is 2.44 bits per heavy atom. The Morgan fingerprint density at radius 2 is 1.69 bits per heavy atom. The molecule has 0 spiro atoms. The number of benzene rings is 3. The number of ether oxygens (including phenoxy) is 1. The first-order valence-corrected chi connectivity index (χ1v) is 10.8. The molecule has 0 aromatic heterocycles. The Kier molecular flexibility index (Phi) is 7.02. The molecule has 166 valence electrons. The first-order chi connectivity index (χ1) is 15.6. The molecule has 1 amide bonds. The maximum absolute atomic E-state index is 13.0. The number of halogens is 1. The normalized spacial score (nSPS) is 14.2. The number of piperazine rings is 1. The summed E-state index contributed by atoms with van der Waals surface area (Å²) in [6.45, 7) is 4.92. The summed E-state index contributed by atoms with van der Waals surface area (Å²) in [6.07, 6.45) is 0. The summed E-state index contributed by atoms with van der Waals surface area (Å²) in [6, 6.07) is 22.0. The van der Waals surface area contributed by atoms with Crippen molar-refractivity contribution >= 4 is 11.6 Å². The van der Waals surface area contributed by atoms with Crippen molar-refractivity contribution in [3.05, 3.63) is 95.3 Å². The van der Waals surface area contributed by atoms with E-state index in [1.165, 1.54) is 12.1 Å². The largest absolute Gasteiger partial charge is 0.495 e. The number of amides is 1. The Morgan fingerprint density at radius 1 is 0.938 bits per heavy atom. The Labute approximate surface area is 188 Å². The molecule has 3 aromatic rings. The van der Waals surface area contributed by atoms with Gasteiger partial charge in [-0.1, -0.05) is 36.4 Å². The number of para-hydroxylation sites is 2. The van der Waals surface area contributed by atoms with Crippen LogP contribution in [0.5, 0.6) is 5.75 Å². The number of nitrogens with one attached hydrogen (secondary N) is 1. The fourth-order valence-electron chi connectivity index (χ4n) is 3.99. The molecule has 1 N–H and O–H groups in total. The highest BCUT2D eigenvalue weighted by molar-refractivity contribution is 5.94. The van der Waals surface area contributed by atoms with Crippen LogP contribution in [0.4, 0.5) is 10.1 Å². The van der Waals surface area contributed by atoms with Crippen LogP contribution in [0.2, 0.25) is 0 Å². The van der Waals surface area contributed by atoms with E-state index in [4.69, 9.17) is 4.74 Å².